The van der Waals surface area contributed by atoms with E-state index in [1.54, 1.807) is 0 Å². The largest absolute Gasteiger partial charge is 0.572 e. The average molecular weight is 213 g/mol. The van der Waals surface area contributed by atoms with Crippen LogP contribution in [0.25, 0.3) is 0 Å². The minimum Gasteiger partial charge on any atom is -0.394 e. The van der Waals surface area contributed by atoms with Gasteiger partial charge in [-0.3, -0.25) is 0 Å². The van der Waals surface area contributed by atoms with Crippen molar-refractivity contribution in [2.75, 3.05) is 33.5 Å². The molecule has 0 aromatic heterocycles. The van der Waals surface area contributed by atoms with Crippen molar-refractivity contribution in [3.8, 4) is 0 Å². The lowest BCUT2D eigenvalue weighted by Crippen LogP contribution is -2.22. The molecule has 2 N–H and O–H groups in total. The first-order chi connectivity index (χ1) is 6.20. The molecule has 0 amide bonds. The predicted octanol–water partition coefficient (Wildman–Crippen LogP) is -0.273. The first-order valence-corrected chi connectivity index (χ1v) is 5.39. The van der Waals surface area contributed by atoms with Crippen molar-refractivity contribution in [2.45, 2.75) is 6.10 Å². The van der Waals surface area contributed by atoms with Crippen LogP contribution in [0.15, 0.2) is 0 Å². The van der Waals surface area contributed by atoms with Gasteiger partial charge in [0.15, 0.2) is 0 Å². The van der Waals surface area contributed by atoms with E-state index in [0.717, 1.165) is 0 Å². The van der Waals surface area contributed by atoms with Crippen LogP contribution in [0.4, 0.5) is 0 Å². The van der Waals surface area contributed by atoms with Gasteiger partial charge in [-0.15, -0.1) is 0 Å². The molecule has 0 bridgehead atoms. The molecule has 1 atom stereocenters. The highest BCUT2D eigenvalue weighted by Crippen LogP contribution is 2.60. The Morgan fingerprint density at radius 2 is 2.08 bits per heavy atom. The Morgan fingerprint density at radius 1 is 1.46 bits per heavy atom. The zero-order chi connectivity index (χ0) is 9.73. The minimum atomic E-state index is -3.09. The van der Waals surface area contributed by atoms with E-state index >= 15 is 0 Å². The number of hydrogen-bond donors (Lipinski definition) is 2. The molecular formula is C6H14O6P+. The van der Waals surface area contributed by atoms with Crippen LogP contribution in [-0.4, -0.2) is 49.6 Å². The normalized spacial score (nSPS) is 23.3. The average Bonchev–Trinajstić information content (AvgIpc) is 2.55. The summed E-state index contributed by atoms with van der Waals surface area (Å²) in [4.78, 5) is 9.44. The predicted molar refractivity (Wildman–Crippen MR) is 44.9 cm³/mol. The summed E-state index contributed by atoms with van der Waals surface area (Å²) in [6.45, 7) is 0.551. The van der Waals surface area contributed by atoms with E-state index in [2.05, 4.69) is 0 Å². The molecule has 7 heteroatoms. The van der Waals surface area contributed by atoms with Gasteiger partial charge in [-0.2, -0.15) is 18.5 Å². The van der Waals surface area contributed by atoms with Crippen LogP contribution in [0, 0.1) is 0 Å². The Morgan fingerprint density at radius 3 is 2.54 bits per heavy atom. The molecule has 1 aliphatic rings. The highest BCUT2D eigenvalue weighted by molar-refractivity contribution is 7.55. The third kappa shape index (κ3) is 3.44. The van der Waals surface area contributed by atoms with Crippen LogP contribution in [0.5, 0.6) is 0 Å². The van der Waals surface area contributed by atoms with Crippen LogP contribution >= 0.6 is 8.17 Å². The molecule has 1 unspecified atom stereocenters. The smallest absolute Gasteiger partial charge is 0.394 e. The van der Waals surface area contributed by atoms with Gasteiger partial charge in [0.25, 0.3) is 0 Å². The molecule has 1 heterocycles. The maximum Gasteiger partial charge on any atom is 0.572 e. The molecule has 1 saturated heterocycles. The molecule has 0 aromatic carbocycles. The van der Waals surface area contributed by atoms with E-state index < -0.39 is 14.3 Å². The zero-order valence-electron chi connectivity index (χ0n) is 7.38. The molecule has 0 aliphatic carbocycles. The summed E-state index contributed by atoms with van der Waals surface area (Å²) < 4.78 is 19.5. The lowest BCUT2D eigenvalue weighted by molar-refractivity contribution is 0.00341. The van der Waals surface area contributed by atoms with Gasteiger partial charge >= 0.3 is 8.17 Å². The molecule has 1 fully saturated rings. The number of methoxy groups -OCH3 is 1. The monoisotopic (exact) mass is 213 g/mol. The van der Waals surface area contributed by atoms with Gasteiger partial charge < -0.3 is 9.84 Å². The summed E-state index contributed by atoms with van der Waals surface area (Å²) in [6.07, 6.45) is -0.461. The Labute approximate surface area is 77.0 Å². The lowest BCUT2D eigenvalue weighted by atomic mass is 10.4. The molecule has 0 spiro atoms. The molecule has 13 heavy (non-hydrogen) atoms. The SMILES string of the molecule is COC(CO)CO[P+]1(O)OCCO1. The first kappa shape index (κ1) is 11.3. The second-order valence-corrected chi connectivity index (χ2v) is 4.18. The number of ether oxygens (including phenoxy) is 1. The van der Waals surface area contributed by atoms with Crippen LogP contribution < -0.4 is 0 Å². The highest BCUT2D eigenvalue weighted by atomic mass is 31.2. The van der Waals surface area contributed by atoms with Crippen molar-refractivity contribution >= 4 is 8.17 Å². The van der Waals surface area contributed by atoms with E-state index in [9.17, 15) is 4.89 Å². The Balaban J connectivity index is 2.23. The second-order valence-electron chi connectivity index (χ2n) is 2.47. The Kier molecular flexibility index (Phi) is 4.48. The van der Waals surface area contributed by atoms with Gasteiger partial charge in [0.05, 0.1) is 6.61 Å². The third-order valence-corrected chi connectivity index (χ3v) is 3.05. The quantitative estimate of drug-likeness (QED) is 0.612. The molecule has 1 aliphatic heterocycles. The number of rotatable bonds is 5. The summed E-state index contributed by atoms with van der Waals surface area (Å²) in [5, 5.41) is 8.73. The maximum absolute atomic E-state index is 9.44. The molecule has 0 saturated carbocycles. The van der Waals surface area contributed by atoms with E-state index in [1.807, 2.05) is 0 Å². The topological polar surface area (TPSA) is 77.4 Å². The molecule has 0 aromatic rings. The van der Waals surface area contributed by atoms with Crippen LogP contribution in [-0.2, 0) is 18.3 Å². The van der Waals surface area contributed by atoms with Gasteiger partial charge in [0.1, 0.15) is 25.9 Å². The van der Waals surface area contributed by atoms with Gasteiger partial charge in [-0.1, -0.05) is 0 Å². The van der Waals surface area contributed by atoms with Crippen molar-refractivity contribution in [3.05, 3.63) is 0 Å². The standard InChI is InChI=1S/C6H14O6P/c1-9-6(4-7)5-12-13(8)10-2-3-11-13/h6-8H,2-5H2,1H3/q+1. The van der Waals surface area contributed by atoms with Gasteiger partial charge in [-0.25, -0.2) is 0 Å². The summed E-state index contributed by atoms with van der Waals surface area (Å²) >= 11 is 0. The zero-order valence-corrected chi connectivity index (χ0v) is 8.27. The van der Waals surface area contributed by atoms with Crippen LogP contribution in [0.1, 0.15) is 0 Å². The Bertz CT molecular complexity index is 144. The first-order valence-electron chi connectivity index (χ1n) is 3.89. The molecule has 0 radical (unpaired) electrons. The lowest BCUT2D eigenvalue weighted by Gasteiger charge is -2.12. The molecular weight excluding hydrogens is 199 g/mol. The molecule has 6 nitrogen and oxygen atoms in total. The number of aliphatic hydroxyl groups is 1. The summed E-state index contributed by atoms with van der Waals surface area (Å²) in [5.41, 5.74) is 0. The summed E-state index contributed by atoms with van der Waals surface area (Å²) in [5.74, 6) is 0. The fraction of sp³-hybridized carbons (Fsp3) is 1.00. The van der Waals surface area contributed by atoms with Crippen molar-refractivity contribution in [3.63, 3.8) is 0 Å². The van der Waals surface area contributed by atoms with E-state index in [-0.39, 0.29) is 13.2 Å². The summed E-state index contributed by atoms with van der Waals surface area (Å²) in [7, 11) is -1.64. The maximum atomic E-state index is 9.44. The number of hydrogen-bond acceptors (Lipinski definition) is 6. The van der Waals surface area contributed by atoms with Crippen LogP contribution in [0.3, 0.4) is 0 Å². The second kappa shape index (κ2) is 5.17. The van der Waals surface area contributed by atoms with E-state index in [0.29, 0.717) is 13.2 Å². The fourth-order valence-electron chi connectivity index (χ4n) is 0.790. The molecule has 1 rings (SSSR count). The number of aliphatic hydroxyl groups excluding tert-OH is 1. The third-order valence-electron chi connectivity index (χ3n) is 1.55. The van der Waals surface area contributed by atoms with Crippen LogP contribution in [0.2, 0.25) is 0 Å². The van der Waals surface area contributed by atoms with E-state index in [4.69, 9.17) is 23.4 Å². The fourth-order valence-corrected chi connectivity index (χ4v) is 1.98. The van der Waals surface area contributed by atoms with Gasteiger partial charge in [0, 0.05) is 7.11 Å². The van der Waals surface area contributed by atoms with Gasteiger partial charge in [-0.05, 0) is 0 Å². The highest BCUT2D eigenvalue weighted by Gasteiger charge is 2.49. The summed E-state index contributed by atoms with van der Waals surface area (Å²) in [6, 6.07) is 0. The Hall–Kier alpha value is 0.190. The van der Waals surface area contributed by atoms with E-state index in [1.165, 1.54) is 7.11 Å². The van der Waals surface area contributed by atoms with Crippen molar-refractivity contribution < 1.29 is 28.3 Å². The van der Waals surface area contributed by atoms with Crippen molar-refractivity contribution in [1.29, 1.82) is 0 Å². The van der Waals surface area contributed by atoms with Gasteiger partial charge in [0.2, 0.25) is 0 Å². The van der Waals surface area contributed by atoms with Crippen molar-refractivity contribution in [1.82, 2.24) is 0 Å². The van der Waals surface area contributed by atoms with Crippen molar-refractivity contribution in [2.24, 2.45) is 0 Å². The molecule has 78 valence electrons. The minimum absolute atomic E-state index is 0.0529.